The van der Waals surface area contributed by atoms with E-state index in [9.17, 15) is 9.59 Å². The van der Waals surface area contributed by atoms with Crippen molar-refractivity contribution in [2.75, 3.05) is 46.9 Å². The van der Waals surface area contributed by atoms with Crippen molar-refractivity contribution in [3.05, 3.63) is 23.8 Å². The summed E-state index contributed by atoms with van der Waals surface area (Å²) < 4.78 is 10.8. The summed E-state index contributed by atoms with van der Waals surface area (Å²) in [6.45, 7) is 3.64. The van der Waals surface area contributed by atoms with Crippen molar-refractivity contribution in [1.29, 1.82) is 0 Å². The van der Waals surface area contributed by atoms with Crippen molar-refractivity contribution >= 4 is 24.2 Å². The summed E-state index contributed by atoms with van der Waals surface area (Å²) in [5.74, 6) is 0.688. The van der Waals surface area contributed by atoms with Gasteiger partial charge in [0.25, 0.3) is 11.8 Å². The predicted molar refractivity (Wildman–Crippen MR) is 105 cm³/mol. The maximum Gasteiger partial charge on any atom is 0.257 e. The minimum atomic E-state index is -0.226. The molecule has 2 aliphatic heterocycles. The van der Waals surface area contributed by atoms with Crippen LogP contribution in [0.1, 0.15) is 29.6 Å². The molecule has 1 aromatic rings. The Morgan fingerprint density at radius 2 is 1.96 bits per heavy atom. The van der Waals surface area contributed by atoms with Crippen LogP contribution in [0.5, 0.6) is 11.5 Å². The lowest BCUT2D eigenvalue weighted by atomic mass is 9.78. The average Bonchev–Trinajstić information content (AvgIpc) is 3.13. The van der Waals surface area contributed by atoms with Crippen LogP contribution >= 0.6 is 12.4 Å². The summed E-state index contributed by atoms with van der Waals surface area (Å²) >= 11 is 0. The summed E-state index contributed by atoms with van der Waals surface area (Å²) in [5.41, 5.74) is 0.959. The van der Waals surface area contributed by atoms with E-state index in [2.05, 4.69) is 10.6 Å². The second-order valence-electron chi connectivity index (χ2n) is 7.05. The second-order valence-corrected chi connectivity index (χ2v) is 7.05. The van der Waals surface area contributed by atoms with E-state index in [0.717, 1.165) is 39.0 Å². The Balaban J connectivity index is 0.00000261. The van der Waals surface area contributed by atoms with Gasteiger partial charge in [0.2, 0.25) is 0 Å². The Morgan fingerprint density at radius 3 is 2.56 bits per heavy atom. The minimum Gasteiger partial charge on any atom is -0.493 e. The molecule has 0 atom stereocenters. The van der Waals surface area contributed by atoms with E-state index < -0.39 is 0 Å². The Labute approximate surface area is 166 Å². The van der Waals surface area contributed by atoms with E-state index in [-0.39, 0.29) is 30.8 Å². The maximum atomic E-state index is 12.8. The molecule has 7 nitrogen and oxygen atoms in total. The van der Waals surface area contributed by atoms with Crippen molar-refractivity contribution in [3.63, 3.8) is 0 Å². The Kier molecular flexibility index (Phi) is 7.33. The first-order valence-corrected chi connectivity index (χ1v) is 9.08. The van der Waals surface area contributed by atoms with Gasteiger partial charge in [-0.05, 0) is 49.4 Å². The van der Waals surface area contributed by atoms with Crippen molar-refractivity contribution in [1.82, 2.24) is 15.5 Å². The van der Waals surface area contributed by atoms with Gasteiger partial charge < -0.3 is 25.0 Å². The van der Waals surface area contributed by atoms with Crippen LogP contribution < -0.4 is 20.1 Å². The molecule has 2 saturated heterocycles. The highest BCUT2D eigenvalue weighted by atomic mass is 35.5. The van der Waals surface area contributed by atoms with Crippen LogP contribution in [-0.4, -0.2) is 63.7 Å². The first-order valence-electron chi connectivity index (χ1n) is 9.08. The highest BCUT2D eigenvalue weighted by Gasteiger charge is 2.38. The van der Waals surface area contributed by atoms with E-state index >= 15 is 0 Å². The van der Waals surface area contributed by atoms with Crippen molar-refractivity contribution in [2.24, 2.45) is 5.41 Å². The zero-order valence-electron chi connectivity index (χ0n) is 15.9. The summed E-state index contributed by atoms with van der Waals surface area (Å²) in [7, 11) is 3.07. The number of nitrogens with zero attached hydrogens (tertiary/aromatic N) is 1. The smallest absolute Gasteiger partial charge is 0.257 e. The molecule has 0 aromatic heterocycles. The van der Waals surface area contributed by atoms with Crippen LogP contribution in [0.4, 0.5) is 0 Å². The highest BCUT2D eigenvalue weighted by Crippen LogP contribution is 2.37. The van der Waals surface area contributed by atoms with Gasteiger partial charge in [-0.15, -0.1) is 12.4 Å². The van der Waals surface area contributed by atoms with Crippen LogP contribution in [0.25, 0.3) is 0 Å². The first kappa shape index (κ1) is 21.3. The number of likely N-dealkylation sites (N-methyl/N-ethyl adjacent to an activating group) is 1. The van der Waals surface area contributed by atoms with E-state index in [4.69, 9.17) is 9.47 Å². The van der Waals surface area contributed by atoms with Gasteiger partial charge in [-0.1, -0.05) is 0 Å². The molecule has 0 bridgehead atoms. The Bertz CT molecular complexity index is 667. The van der Waals surface area contributed by atoms with E-state index in [0.29, 0.717) is 22.5 Å². The largest absolute Gasteiger partial charge is 0.493 e. The molecule has 2 fully saturated rings. The molecule has 8 heteroatoms. The van der Waals surface area contributed by atoms with Crippen LogP contribution in [0.3, 0.4) is 0 Å². The fraction of sp³-hybridized carbons (Fsp3) is 0.579. The molecule has 2 N–H and O–H groups in total. The lowest BCUT2D eigenvalue weighted by molar-refractivity contribution is -0.122. The van der Waals surface area contributed by atoms with Gasteiger partial charge in [-0.3, -0.25) is 9.59 Å². The number of hydrogen-bond acceptors (Lipinski definition) is 5. The van der Waals surface area contributed by atoms with Gasteiger partial charge in [-0.25, -0.2) is 0 Å². The molecule has 0 unspecified atom stereocenters. The number of rotatable bonds is 5. The molecular weight excluding hydrogens is 370 g/mol. The third-order valence-electron chi connectivity index (χ3n) is 5.49. The normalized spacial score (nSPS) is 17.9. The van der Waals surface area contributed by atoms with Gasteiger partial charge in [0.1, 0.15) is 0 Å². The molecule has 0 radical (unpaired) electrons. The number of ether oxygens (including phenoxy) is 2. The number of carbonyl (C=O) groups excluding carboxylic acids is 2. The molecule has 2 heterocycles. The van der Waals surface area contributed by atoms with E-state index in [1.807, 2.05) is 4.90 Å². The van der Waals surface area contributed by atoms with Gasteiger partial charge in [0.05, 0.1) is 7.11 Å². The SMILES string of the molecule is CNC(=O)COc1ccc(C(=O)N2CCC3(CCNC3)CC2)cc1OC.Cl. The standard InChI is InChI=1S/C19H27N3O4.ClH/c1-20-17(23)12-26-15-4-3-14(11-16(15)25-2)18(24)22-9-6-19(7-10-22)5-8-21-13-19;/h3-4,11,21H,5-10,12-13H2,1-2H3,(H,20,23);1H. The quantitative estimate of drug-likeness (QED) is 0.786. The van der Waals surface area contributed by atoms with Crippen LogP contribution in [0.15, 0.2) is 18.2 Å². The minimum absolute atomic E-state index is 0. The number of hydrogen-bond donors (Lipinski definition) is 2. The van der Waals surface area contributed by atoms with Crippen molar-refractivity contribution in [3.8, 4) is 11.5 Å². The lowest BCUT2D eigenvalue weighted by Crippen LogP contribution is -2.44. The van der Waals surface area contributed by atoms with Gasteiger partial charge in [0, 0.05) is 32.2 Å². The van der Waals surface area contributed by atoms with Crippen molar-refractivity contribution in [2.45, 2.75) is 19.3 Å². The van der Waals surface area contributed by atoms with E-state index in [1.165, 1.54) is 13.5 Å². The van der Waals surface area contributed by atoms with Gasteiger partial charge >= 0.3 is 0 Å². The van der Waals surface area contributed by atoms with Crippen molar-refractivity contribution < 1.29 is 19.1 Å². The number of nitrogens with one attached hydrogen (secondary N) is 2. The number of amides is 2. The zero-order chi connectivity index (χ0) is 18.6. The molecule has 1 spiro atoms. The fourth-order valence-electron chi connectivity index (χ4n) is 3.72. The number of likely N-dealkylation sites (tertiary alicyclic amines) is 1. The first-order chi connectivity index (χ1) is 12.6. The second kappa shape index (κ2) is 9.28. The molecule has 2 amide bonds. The van der Waals surface area contributed by atoms with Gasteiger partial charge in [-0.2, -0.15) is 0 Å². The molecule has 0 saturated carbocycles. The molecule has 1 aromatic carbocycles. The highest BCUT2D eigenvalue weighted by molar-refractivity contribution is 5.95. The van der Waals surface area contributed by atoms with Crippen LogP contribution in [-0.2, 0) is 4.79 Å². The number of methoxy groups -OCH3 is 1. The molecule has 3 rings (SSSR count). The molecule has 0 aliphatic carbocycles. The maximum absolute atomic E-state index is 12.8. The third-order valence-corrected chi connectivity index (χ3v) is 5.49. The van der Waals surface area contributed by atoms with Gasteiger partial charge in [0.15, 0.2) is 18.1 Å². The summed E-state index contributed by atoms with van der Waals surface area (Å²) in [6.07, 6.45) is 3.31. The molecule has 2 aliphatic rings. The zero-order valence-corrected chi connectivity index (χ0v) is 16.7. The van der Waals surface area contributed by atoms with Crippen LogP contribution in [0.2, 0.25) is 0 Å². The Hall–Kier alpha value is -1.99. The number of carbonyl (C=O) groups is 2. The number of halogens is 1. The Morgan fingerprint density at radius 1 is 1.22 bits per heavy atom. The fourth-order valence-corrected chi connectivity index (χ4v) is 3.72. The topological polar surface area (TPSA) is 79.9 Å². The summed E-state index contributed by atoms with van der Waals surface area (Å²) in [5, 5.41) is 5.94. The monoisotopic (exact) mass is 397 g/mol. The number of benzene rings is 1. The summed E-state index contributed by atoms with van der Waals surface area (Å²) in [6, 6.07) is 5.09. The molecule has 150 valence electrons. The average molecular weight is 398 g/mol. The van der Waals surface area contributed by atoms with E-state index in [1.54, 1.807) is 25.2 Å². The predicted octanol–water partition coefficient (Wildman–Crippen LogP) is 1.46. The number of piperidine rings is 1. The third kappa shape index (κ3) is 4.84. The molecular formula is C19H28ClN3O4. The molecule has 27 heavy (non-hydrogen) atoms. The lowest BCUT2D eigenvalue weighted by Gasteiger charge is -2.39. The van der Waals surface area contributed by atoms with Crippen LogP contribution in [0, 0.1) is 5.41 Å². The summed E-state index contributed by atoms with van der Waals surface area (Å²) in [4.78, 5) is 26.1.